The van der Waals surface area contributed by atoms with Gasteiger partial charge in [-0.15, -0.1) is 10.2 Å². The summed E-state index contributed by atoms with van der Waals surface area (Å²) in [5, 5.41) is 32.6. The largest absolute Gasteiger partial charge is 0.505 e. The molecule has 0 saturated carbocycles. The number of nitro groups is 1. The van der Waals surface area contributed by atoms with Gasteiger partial charge in [-0.1, -0.05) is 138 Å². The molecular weight excluding hydrogens is 546 g/mol. The van der Waals surface area contributed by atoms with Crippen molar-refractivity contribution < 1.29 is 10.0 Å². The quantitative estimate of drug-likeness (QED) is 0.106. The van der Waals surface area contributed by atoms with Crippen molar-refractivity contribution in [3.8, 4) is 5.75 Å². The molecular formula is C38H37N3O3. The summed E-state index contributed by atoms with van der Waals surface area (Å²) in [6.45, 7) is 10.4. The molecule has 0 saturated heterocycles. The van der Waals surface area contributed by atoms with Crippen LogP contribution in [0.2, 0.25) is 0 Å². The number of nitro benzene ring substituents is 1. The standard InChI is InChI=1S/C38H37N3O3/c1-26(27-15-9-6-10-16-27)28-21-22-33(35(23-28)41(43)44)39-40-34-25-31(37(2,3)29-17-11-7-12-18-29)24-32(36(34)42)38(4,5)30-19-13-8-14-20-30/h6-26,42H,1-5H3. The first-order chi connectivity index (χ1) is 21.0. The van der Waals surface area contributed by atoms with Gasteiger partial charge in [-0.2, -0.15) is 0 Å². The van der Waals surface area contributed by atoms with E-state index in [0.29, 0.717) is 5.56 Å². The summed E-state index contributed by atoms with van der Waals surface area (Å²) in [4.78, 5) is 11.7. The van der Waals surface area contributed by atoms with E-state index in [4.69, 9.17) is 0 Å². The second-order valence-corrected chi connectivity index (χ2v) is 12.2. The lowest BCUT2D eigenvalue weighted by Gasteiger charge is -2.32. The van der Waals surface area contributed by atoms with E-state index in [2.05, 4.69) is 50.1 Å². The first kappa shape index (κ1) is 30.4. The first-order valence-corrected chi connectivity index (χ1v) is 14.7. The Balaban J connectivity index is 1.62. The fourth-order valence-electron chi connectivity index (χ4n) is 5.65. The number of aromatic hydroxyl groups is 1. The molecule has 0 fully saturated rings. The molecule has 0 radical (unpaired) electrons. The number of rotatable bonds is 9. The van der Waals surface area contributed by atoms with Gasteiger partial charge in [0.15, 0.2) is 5.69 Å². The van der Waals surface area contributed by atoms with Crippen molar-refractivity contribution in [1.82, 2.24) is 0 Å². The van der Waals surface area contributed by atoms with Crippen molar-refractivity contribution in [3.63, 3.8) is 0 Å². The Morgan fingerprint density at radius 1 is 0.636 bits per heavy atom. The fourth-order valence-corrected chi connectivity index (χ4v) is 5.65. The predicted octanol–water partition coefficient (Wildman–Crippen LogP) is 10.5. The molecule has 5 aromatic carbocycles. The summed E-state index contributed by atoms with van der Waals surface area (Å²) < 4.78 is 0. The average molecular weight is 584 g/mol. The first-order valence-electron chi connectivity index (χ1n) is 14.7. The second-order valence-electron chi connectivity index (χ2n) is 12.2. The highest BCUT2D eigenvalue weighted by Crippen LogP contribution is 2.46. The summed E-state index contributed by atoms with van der Waals surface area (Å²) in [6.07, 6.45) is 0. The minimum atomic E-state index is -0.570. The van der Waals surface area contributed by atoms with Crippen LogP contribution in [0, 0.1) is 10.1 Å². The van der Waals surface area contributed by atoms with Crippen molar-refractivity contribution in [2.75, 3.05) is 0 Å². The van der Waals surface area contributed by atoms with Gasteiger partial charge in [-0.3, -0.25) is 10.1 Å². The zero-order valence-electron chi connectivity index (χ0n) is 25.7. The molecule has 0 spiro atoms. The summed E-state index contributed by atoms with van der Waals surface area (Å²) in [6, 6.07) is 38.9. The minimum absolute atomic E-state index is 0.00723. The van der Waals surface area contributed by atoms with E-state index in [1.807, 2.05) is 104 Å². The number of phenolic OH excluding ortho intramolecular Hbond substituents is 1. The van der Waals surface area contributed by atoms with Crippen LogP contribution in [-0.4, -0.2) is 10.0 Å². The highest BCUT2D eigenvalue weighted by Gasteiger charge is 2.32. The molecule has 222 valence electrons. The van der Waals surface area contributed by atoms with Gasteiger partial charge >= 0.3 is 0 Å². The summed E-state index contributed by atoms with van der Waals surface area (Å²) in [5.74, 6) is -0.0446. The number of hydrogen-bond donors (Lipinski definition) is 1. The van der Waals surface area contributed by atoms with Crippen LogP contribution in [-0.2, 0) is 10.8 Å². The van der Waals surface area contributed by atoms with Crippen LogP contribution >= 0.6 is 0 Å². The second kappa shape index (κ2) is 12.3. The molecule has 0 aromatic heterocycles. The molecule has 0 aliphatic heterocycles. The van der Waals surface area contributed by atoms with Crippen LogP contribution in [0.5, 0.6) is 5.75 Å². The maximum atomic E-state index is 12.2. The summed E-state index contributed by atoms with van der Waals surface area (Å²) >= 11 is 0. The van der Waals surface area contributed by atoms with E-state index in [1.165, 1.54) is 0 Å². The normalized spacial score (nSPS) is 12.8. The molecule has 0 amide bonds. The molecule has 0 aliphatic carbocycles. The number of phenols is 1. The molecule has 0 heterocycles. The Labute approximate surface area is 258 Å². The number of nitrogens with zero attached hydrogens (tertiary/aromatic N) is 3. The zero-order valence-corrected chi connectivity index (χ0v) is 25.7. The summed E-state index contributed by atoms with van der Waals surface area (Å²) in [5.41, 5.74) is 4.88. The lowest BCUT2D eigenvalue weighted by molar-refractivity contribution is -0.384. The lowest BCUT2D eigenvalue weighted by atomic mass is 9.72. The molecule has 1 atom stereocenters. The Kier molecular flexibility index (Phi) is 8.45. The maximum Gasteiger partial charge on any atom is 0.297 e. The van der Waals surface area contributed by atoms with E-state index in [1.54, 1.807) is 12.1 Å². The highest BCUT2D eigenvalue weighted by atomic mass is 16.6. The van der Waals surface area contributed by atoms with Gasteiger partial charge in [0, 0.05) is 28.4 Å². The molecule has 44 heavy (non-hydrogen) atoms. The van der Waals surface area contributed by atoms with Crippen molar-refractivity contribution in [2.45, 2.75) is 51.4 Å². The van der Waals surface area contributed by atoms with Crippen molar-refractivity contribution in [3.05, 3.63) is 165 Å². The van der Waals surface area contributed by atoms with Gasteiger partial charge < -0.3 is 5.11 Å². The van der Waals surface area contributed by atoms with Crippen molar-refractivity contribution >= 4 is 17.1 Å². The third-order valence-corrected chi connectivity index (χ3v) is 8.74. The van der Waals surface area contributed by atoms with Gasteiger partial charge in [-0.25, -0.2) is 0 Å². The molecule has 5 rings (SSSR count). The van der Waals surface area contributed by atoms with E-state index in [9.17, 15) is 15.2 Å². The van der Waals surface area contributed by atoms with Gasteiger partial charge in [0.1, 0.15) is 11.4 Å². The van der Waals surface area contributed by atoms with E-state index >= 15 is 0 Å². The van der Waals surface area contributed by atoms with E-state index < -0.39 is 15.8 Å². The molecule has 6 nitrogen and oxygen atoms in total. The number of benzene rings is 5. The monoisotopic (exact) mass is 583 g/mol. The SMILES string of the molecule is CC(c1ccccc1)c1ccc(N=Nc2cc(C(C)(C)c3ccccc3)cc(C(C)(C)c3ccccc3)c2O)c([N+](=O)[O-])c1. The molecule has 1 N–H and O–H groups in total. The lowest BCUT2D eigenvalue weighted by Crippen LogP contribution is -2.23. The van der Waals surface area contributed by atoms with Gasteiger partial charge in [-0.05, 0) is 39.9 Å². The van der Waals surface area contributed by atoms with E-state index in [0.717, 1.165) is 27.8 Å². The third kappa shape index (κ3) is 6.02. The molecule has 6 heteroatoms. The van der Waals surface area contributed by atoms with Crippen molar-refractivity contribution in [1.29, 1.82) is 0 Å². The molecule has 1 unspecified atom stereocenters. The number of hydrogen-bond acceptors (Lipinski definition) is 5. The van der Waals surface area contributed by atoms with Crippen LogP contribution < -0.4 is 0 Å². The average Bonchev–Trinajstić information content (AvgIpc) is 3.04. The maximum absolute atomic E-state index is 12.2. The Bertz CT molecular complexity index is 1800. The number of azo groups is 1. The van der Waals surface area contributed by atoms with Gasteiger partial charge in [0.05, 0.1) is 4.92 Å². The van der Waals surface area contributed by atoms with Gasteiger partial charge in [0.25, 0.3) is 5.69 Å². The molecule has 5 aromatic rings. The highest BCUT2D eigenvalue weighted by molar-refractivity contribution is 5.64. The van der Waals surface area contributed by atoms with Crippen LogP contribution in [0.3, 0.4) is 0 Å². The third-order valence-electron chi connectivity index (χ3n) is 8.74. The Morgan fingerprint density at radius 2 is 1.16 bits per heavy atom. The van der Waals surface area contributed by atoms with Crippen LogP contribution in [0.25, 0.3) is 0 Å². The topological polar surface area (TPSA) is 88.1 Å². The van der Waals surface area contributed by atoms with Crippen molar-refractivity contribution in [2.24, 2.45) is 10.2 Å². The fraction of sp³-hybridized carbons (Fsp3) is 0.211. The molecule has 0 bridgehead atoms. The minimum Gasteiger partial charge on any atom is -0.505 e. The zero-order chi connectivity index (χ0) is 31.5. The smallest absolute Gasteiger partial charge is 0.297 e. The Hall–Kier alpha value is -5.10. The van der Waals surface area contributed by atoms with Gasteiger partial charge in [0.2, 0.25) is 0 Å². The van der Waals surface area contributed by atoms with Crippen LogP contribution in [0.4, 0.5) is 17.1 Å². The van der Waals surface area contributed by atoms with Crippen LogP contribution in [0.15, 0.2) is 132 Å². The predicted molar refractivity (Wildman–Crippen MR) is 176 cm³/mol. The van der Waals surface area contributed by atoms with Crippen LogP contribution in [0.1, 0.15) is 73.9 Å². The summed E-state index contributed by atoms with van der Waals surface area (Å²) in [7, 11) is 0. The Morgan fingerprint density at radius 3 is 1.73 bits per heavy atom. The molecule has 0 aliphatic rings. The van der Waals surface area contributed by atoms with E-state index in [-0.39, 0.29) is 28.7 Å².